The summed E-state index contributed by atoms with van der Waals surface area (Å²) in [6.45, 7) is 18.4. The minimum absolute atomic E-state index is 0.626. The van der Waals surface area contributed by atoms with Gasteiger partial charge in [0.15, 0.2) is 0 Å². The van der Waals surface area contributed by atoms with Crippen molar-refractivity contribution in [3.05, 3.63) is 24.0 Å². The Morgan fingerprint density at radius 3 is 1.86 bits per heavy atom. The van der Waals surface area contributed by atoms with Gasteiger partial charge in [-0.1, -0.05) is 67.4 Å². The first kappa shape index (κ1) is 20.5. The Hall–Kier alpha value is -0.503. The molecule has 0 aromatic heterocycles. The summed E-state index contributed by atoms with van der Waals surface area (Å²) in [6, 6.07) is 0. The number of hydrogen-bond acceptors (Lipinski definition) is 1. The number of rotatable bonds is 10. The fourth-order valence-electron chi connectivity index (χ4n) is 3.46. The van der Waals surface area contributed by atoms with Crippen molar-refractivity contribution in [3.63, 3.8) is 0 Å². The Morgan fingerprint density at radius 2 is 1.48 bits per heavy atom. The first-order valence-electron chi connectivity index (χ1n) is 8.84. The van der Waals surface area contributed by atoms with Gasteiger partial charge >= 0.3 is 0 Å². The topological polar surface area (TPSA) is 9.23 Å². The minimum Gasteiger partial charge on any atom is -0.543 e. The zero-order valence-electron chi connectivity index (χ0n) is 15.7. The van der Waals surface area contributed by atoms with E-state index in [4.69, 9.17) is 4.43 Å². The van der Waals surface area contributed by atoms with Crippen LogP contribution in [0.3, 0.4) is 0 Å². The van der Waals surface area contributed by atoms with Gasteiger partial charge < -0.3 is 4.43 Å². The van der Waals surface area contributed by atoms with Crippen molar-refractivity contribution in [2.24, 2.45) is 0 Å². The van der Waals surface area contributed by atoms with Gasteiger partial charge in [-0.3, -0.25) is 0 Å². The average molecular weight is 311 g/mol. The number of hydrogen-bond donors (Lipinski definition) is 0. The highest BCUT2D eigenvalue weighted by atomic mass is 28.4. The molecule has 0 N–H and O–H groups in total. The third-order valence-corrected chi connectivity index (χ3v) is 10.5. The Labute approximate surface area is 135 Å². The maximum Gasteiger partial charge on any atom is 0.258 e. The second-order valence-corrected chi connectivity index (χ2v) is 12.4. The molecule has 0 fully saturated rings. The first-order chi connectivity index (χ1) is 9.82. The van der Waals surface area contributed by atoms with Crippen LogP contribution in [0.25, 0.3) is 0 Å². The first-order valence-corrected chi connectivity index (χ1v) is 11.0. The summed E-state index contributed by atoms with van der Waals surface area (Å²) in [5.74, 6) is 1.08. The lowest BCUT2D eigenvalue weighted by molar-refractivity contribution is 0.385. The highest BCUT2D eigenvalue weighted by Gasteiger charge is 2.47. The second-order valence-electron chi connectivity index (χ2n) is 7.01. The highest BCUT2D eigenvalue weighted by Crippen LogP contribution is 2.43. The van der Waals surface area contributed by atoms with Gasteiger partial charge in [-0.25, -0.2) is 0 Å². The van der Waals surface area contributed by atoms with E-state index in [9.17, 15) is 0 Å². The van der Waals surface area contributed by atoms with Crippen LogP contribution in [-0.2, 0) is 4.43 Å². The lowest BCUT2D eigenvalue weighted by atomic mass is 10.2. The number of allylic oxidation sites excluding steroid dienone is 3. The fourth-order valence-corrected chi connectivity index (χ4v) is 8.76. The predicted molar refractivity (Wildman–Crippen MR) is 99.2 cm³/mol. The van der Waals surface area contributed by atoms with Crippen LogP contribution in [0.1, 0.15) is 81.1 Å². The molecule has 0 radical (unpaired) electrons. The van der Waals surface area contributed by atoms with Crippen LogP contribution in [0.5, 0.6) is 0 Å². The molecule has 1 nitrogen and oxygen atoms in total. The van der Waals surface area contributed by atoms with Gasteiger partial charge in [-0.2, -0.15) is 0 Å². The van der Waals surface area contributed by atoms with Crippen molar-refractivity contribution in [3.8, 4) is 0 Å². The molecule has 0 saturated heterocycles. The molecule has 0 aliphatic heterocycles. The average Bonchev–Trinajstić information content (AvgIpc) is 2.40. The monoisotopic (exact) mass is 310 g/mol. The molecular formula is C19H38OSi. The summed E-state index contributed by atoms with van der Waals surface area (Å²) in [5.41, 5.74) is 1.88. The molecule has 0 aromatic rings. The molecule has 0 bridgehead atoms. The van der Waals surface area contributed by atoms with E-state index in [1.165, 1.54) is 19.3 Å². The van der Waals surface area contributed by atoms with Crippen LogP contribution in [0.15, 0.2) is 24.0 Å². The van der Waals surface area contributed by atoms with E-state index in [0.29, 0.717) is 16.6 Å². The summed E-state index contributed by atoms with van der Waals surface area (Å²) in [6.07, 6.45) is 11.7. The number of unbranched alkanes of at least 4 members (excludes halogenated alkanes) is 3. The normalized spacial score (nSPS) is 14.0. The third kappa shape index (κ3) is 6.02. The van der Waals surface area contributed by atoms with E-state index in [1.807, 2.05) is 0 Å². The minimum atomic E-state index is -1.81. The molecule has 0 rings (SSSR count). The molecule has 0 spiro atoms. The van der Waals surface area contributed by atoms with Crippen LogP contribution < -0.4 is 0 Å². The van der Waals surface area contributed by atoms with E-state index in [-0.39, 0.29) is 0 Å². The van der Waals surface area contributed by atoms with Crippen LogP contribution in [0.4, 0.5) is 0 Å². The smallest absolute Gasteiger partial charge is 0.258 e. The van der Waals surface area contributed by atoms with E-state index in [0.717, 1.165) is 12.2 Å². The van der Waals surface area contributed by atoms with E-state index in [1.54, 1.807) is 0 Å². The van der Waals surface area contributed by atoms with Gasteiger partial charge in [-0.05, 0) is 48.5 Å². The molecule has 0 unspecified atom stereocenters. The van der Waals surface area contributed by atoms with Gasteiger partial charge in [-0.15, -0.1) is 0 Å². The Bertz CT molecular complexity index is 305. The van der Waals surface area contributed by atoms with E-state index >= 15 is 0 Å². The van der Waals surface area contributed by atoms with Crippen molar-refractivity contribution in [2.45, 2.75) is 97.7 Å². The fraction of sp³-hybridized carbons (Fsp3) is 0.789. The highest BCUT2D eigenvalue weighted by molar-refractivity contribution is 6.77. The Balaban J connectivity index is 4.97. The van der Waals surface area contributed by atoms with Crippen LogP contribution >= 0.6 is 0 Å². The maximum atomic E-state index is 6.69. The van der Waals surface area contributed by atoms with E-state index < -0.39 is 8.32 Å². The summed E-state index contributed by atoms with van der Waals surface area (Å²) in [4.78, 5) is 0. The summed E-state index contributed by atoms with van der Waals surface area (Å²) < 4.78 is 6.69. The van der Waals surface area contributed by atoms with Crippen molar-refractivity contribution in [1.29, 1.82) is 0 Å². The lowest BCUT2D eigenvalue weighted by Gasteiger charge is -2.42. The molecule has 124 valence electrons. The SMILES string of the molecule is C/C=C(/C=C/CCCCC)O[Si](C(C)C)(C(C)C)C(C)C. The quantitative estimate of drug-likeness (QED) is 0.179. The molecule has 0 aliphatic carbocycles. The predicted octanol–water partition coefficient (Wildman–Crippen LogP) is 7.22. The molecule has 0 aromatic carbocycles. The van der Waals surface area contributed by atoms with Gasteiger partial charge in [0.25, 0.3) is 8.32 Å². The van der Waals surface area contributed by atoms with Gasteiger partial charge in [0.2, 0.25) is 0 Å². The van der Waals surface area contributed by atoms with Crippen LogP contribution in [0.2, 0.25) is 16.6 Å². The van der Waals surface area contributed by atoms with Crippen LogP contribution in [-0.4, -0.2) is 8.32 Å². The molecule has 21 heavy (non-hydrogen) atoms. The van der Waals surface area contributed by atoms with Gasteiger partial charge in [0.1, 0.15) is 0 Å². The van der Waals surface area contributed by atoms with Gasteiger partial charge in [0.05, 0.1) is 5.76 Å². The summed E-state index contributed by atoms with van der Waals surface area (Å²) in [5, 5.41) is 0. The molecule has 0 atom stereocenters. The zero-order valence-corrected chi connectivity index (χ0v) is 16.7. The van der Waals surface area contributed by atoms with E-state index in [2.05, 4.69) is 73.6 Å². The van der Waals surface area contributed by atoms with Crippen molar-refractivity contribution >= 4 is 8.32 Å². The molecule has 0 aliphatic rings. The van der Waals surface area contributed by atoms with Crippen molar-refractivity contribution < 1.29 is 4.43 Å². The molecule has 0 amide bonds. The maximum absolute atomic E-state index is 6.69. The molecular weight excluding hydrogens is 272 g/mol. The second kappa shape index (κ2) is 10.3. The standard InChI is InChI=1S/C19H38OSi/c1-9-11-12-13-14-15-19(10-2)20-21(16(3)4,17(5)6)18(7)8/h10,14-18H,9,11-13H2,1-8H3/b15-14+,19-10-. The molecule has 0 saturated carbocycles. The molecule has 0 heterocycles. The molecule has 2 heteroatoms. The Kier molecular flexibility index (Phi) is 10.0. The van der Waals surface area contributed by atoms with Crippen molar-refractivity contribution in [2.75, 3.05) is 0 Å². The summed E-state index contributed by atoms with van der Waals surface area (Å²) in [7, 11) is -1.81. The Morgan fingerprint density at radius 1 is 0.952 bits per heavy atom. The van der Waals surface area contributed by atoms with Crippen LogP contribution in [0, 0.1) is 0 Å². The van der Waals surface area contributed by atoms with Crippen molar-refractivity contribution in [1.82, 2.24) is 0 Å². The zero-order chi connectivity index (χ0) is 16.5. The lowest BCUT2D eigenvalue weighted by Crippen LogP contribution is -2.47. The largest absolute Gasteiger partial charge is 0.543 e. The summed E-state index contributed by atoms with van der Waals surface area (Å²) >= 11 is 0. The third-order valence-electron chi connectivity index (χ3n) is 4.54. The van der Waals surface area contributed by atoms with Gasteiger partial charge in [0, 0.05) is 0 Å².